The summed E-state index contributed by atoms with van der Waals surface area (Å²) >= 11 is 11.7. The number of aryl methyl sites for hydroxylation is 1. The number of benzene rings is 1. The van der Waals surface area contributed by atoms with Crippen LogP contribution in [0.2, 0.25) is 10.0 Å². The lowest BCUT2D eigenvalue weighted by molar-refractivity contribution is -0.116. The average Bonchev–Trinajstić information content (AvgIpc) is 2.37. The Balaban J connectivity index is 2.13. The summed E-state index contributed by atoms with van der Waals surface area (Å²) in [6.07, 6.45) is 1.63. The molecule has 2 aromatic rings. The molecule has 1 aromatic heterocycles. The number of carbonyl (C=O) groups excluding carboxylic acids is 1. The van der Waals surface area contributed by atoms with Gasteiger partial charge in [-0.25, -0.2) is 0 Å². The van der Waals surface area contributed by atoms with Crippen LogP contribution < -0.4 is 10.9 Å². The maximum absolute atomic E-state index is 11.9. The van der Waals surface area contributed by atoms with Crippen molar-refractivity contribution < 1.29 is 4.79 Å². The molecule has 0 saturated carbocycles. The van der Waals surface area contributed by atoms with Gasteiger partial charge in [-0.05, 0) is 30.7 Å². The number of amides is 1. The molecule has 0 spiro atoms. The van der Waals surface area contributed by atoms with Crippen molar-refractivity contribution in [3.8, 4) is 0 Å². The topological polar surface area (TPSA) is 51.1 Å². The predicted octanol–water partition coefficient (Wildman–Crippen LogP) is 3.10. The SMILES string of the molecule is Cc1ccc(=O)n(CC(=O)Nc2ccc(Cl)cc2Cl)c1. The zero-order valence-electron chi connectivity index (χ0n) is 10.7. The number of rotatable bonds is 3. The molecule has 0 aliphatic heterocycles. The van der Waals surface area contributed by atoms with Crippen molar-refractivity contribution in [1.82, 2.24) is 4.57 Å². The van der Waals surface area contributed by atoms with E-state index in [1.165, 1.54) is 16.7 Å². The van der Waals surface area contributed by atoms with E-state index < -0.39 is 0 Å². The number of nitrogens with zero attached hydrogens (tertiary/aromatic N) is 1. The molecule has 0 saturated heterocycles. The lowest BCUT2D eigenvalue weighted by Crippen LogP contribution is -2.27. The van der Waals surface area contributed by atoms with Crippen molar-refractivity contribution in [3.05, 3.63) is 62.5 Å². The highest BCUT2D eigenvalue weighted by Crippen LogP contribution is 2.25. The molecule has 20 heavy (non-hydrogen) atoms. The molecule has 0 unspecified atom stereocenters. The second kappa shape index (κ2) is 6.11. The number of hydrogen-bond donors (Lipinski definition) is 1. The minimum atomic E-state index is -0.332. The second-order valence-corrected chi connectivity index (χ2v) is 5.19. The van der Waals surface area contributed by atoms with Crippen LogP contribution >= 0.6 is 23.2 Å². The van der Waals surface area contributed by atoms with Crippen LogP contribution in [-0.2, 0) is 11.3 Å². The van der Waals surface area contributed by atoms with Gasteiger partial charge >= 0.3 is 0 Å². The molecule has 0 radical (unpaired) electrons. The van der Waals surface area contributed by atoms with E-state index in [1.54, 1.807) is 24.4 Å². The number of carbonyl (C=O) groups is 1. The van der Waals surface area contributed by atoms with Crippen LogP contribution in [0.4, 0.5) is 5.69 Å². The lowest BCUT2D eigenvalue weighted by Gasteiger charge is -2.09. The van der Waals surface area contributed by atoms with E-state index in [9.17, 15) is 9.59 Å². The third-order valence-electron chi connectivity index (χ3n) is 2.65. The van der Waals surface area contributed by atoms with Gasteiger partial charge in [0.05, 0.1) is 10.7 Å². The third-order valence-corrected chi connectivity index (χ3v) is 3.20. The van der Waals surface area contributed by atoms with Gasteiger partial charge in [0, 0.05) is 17.3 Å². The Labute approximate surface area is 125 Å². The summed E-state index contributed by atoms with van der Waals surface area (Å²) in [5, 5.41) is 3.48. The first-order chi connectivity index (χ1) is 9.45. The largest absolute Gasteiger partial charge is 0.323 e. The Morgan fingerprint density at radius 3 is 2.70 bits per heavy atom. The molecule has 0 aliphatic carbocycles. The molecule has 0 bridgehead atoms. The van der Waals surface area contributed by atoms with Gasteiger partial charge in [-0.15, -0.1) is 0 Å². The quantitative estimate of drug-likeness (QED) is 0.947. The van der Waals surface area contributed by atoms with Gasteiger partial charge < -0.3 is 9.88 Å². The zero-order valence-corrected chi connectivity index (χ0v) is 12.2. The Bertz CT molecular complexity index is 711. The van der Waals surface area contributed by atoms with E-state index in [0.29, 0.717) is 15.7 Å². The van der Waals surface area contributed by atoms with Crippen LogP contribution in [0, 0.1) is 6.92 Å². The highest BCUT2D eigenvalue weighted by molar-refractivity contribution is 6.36. The smallest absolute Gasteiger partial charge is 0.251 e. The molecule has 4 nitrogen and oxygen atoms in total. The van der Waals surface area contributed by atoms with E-state index in [2.05, 4.69) is 5.32 Å². The van der Waals surface area contributed by atoms with Gasteiger partial charge in [-0.3, -0.25) is 9.59 Å². The van der Waals surface area contributed by atoms with Crippen LogP contribution in [0.1, 0.15) is 5.56 Å². The summed E-state index contributed by atoms with van der Waals surface area (Å²) in [4.78, 5) is 23.5. The lowest BCUT2D eigenvalue weighted by atomic mass is 10.3. The number of anilines is 1. The predicted molar refractivity (Wildman–Crippen MR) is 80.5 cm³/mol. The number of hydrogen-bond acceptors (Lipinski definition) is 2. The van der Waals surface area contributed by atoms with Crippen LogP contribution in [0.3, 0.4) is 0 Å². The van der Waals surface area contributed by atoms with Gasteiger partial charge in [0.2, 0.25) is 5.91 Å². The van der Waals surface area contributed by atoms with E-state index in [4.69, 9.17) is 23.2 Å². The van der Waals surface area contributed by atoms with Gasteiger partial charge in [-0.2, -0.15) is 0 Å². The molecule has 0 atom stereocenters. The van der Waals surface area contributed by atoms with E-state index in [0.717, 1.165) is 5.56 Å². The van der Waals surface area contributed by atoms with Crippen molar-refractivity contribution in [2.24, 2.45) is 0 Å². The van der Waals surface area contributed by atoms with Crippen LogP contribution in [0.5, 0.6) is 0 Å². The fourth-order valence-corrected chi connectivity index (χ4v) is 2.17. The maximum atomic E-state index is 11.9. The summed E-state index contributed by atoms with van der Waals surface area (Å²) < 4.78 is 1.34. The first-order valence-electron chi connectivity index (χ1n) is 5.88. The van der Waals surface area contributed by atoms with E-state index in [-0.39, 0.29) is 18.0 Å². The molecular formula is C14H12Cl2N2O2. The Hall–Kier alpha value is -1.78. The highest BCUT2D eigenvalue weighted by Gasteiger charge is 2.08. The summed E-state index contributed by atoms with van der Waals surface area (Å²) in [7, 11) is 0. The first kappa shape index (κ1) is 14.6. The molecular weight excluding hydrogens is 299 g/mol. The number of pyridine rings is 1. The molecule has 1 aromatic carbocycles. The van der Waals surface area contributed by atoms with Crippen LogP contribution in [-0.4, -0.2) is 10.5 Å². The fourth-order valence-electron chi connectivity index (χ4n) is 1.71. The van der Waals surface area contributed by atoms with Crippen molar-refractivity contribution >= 4 is 34.8 Å². The molecule has 6 heteroatoms. The summed E-state index contributed by atoms with van der Waals surface area (Å²) in [5.74, 6) is -0.332. The van der Waals surface area contributed by atoms with Crippen molar-refractivity contribution in [1.29, 1.82) is 0 Å². The second-order valence-electron chi connectivity index (χ2n) is 4.34. The molecule has 1 N–H and O–H groups in total. The normalized spacial score (nSPS) is 10.3. The molecule has 0 aliphatic rings. The molecule has 1 amide bonds. The summed E-state index contributed by atoms with van der Waals surface area (Å²) in [6, 6.07) is 7.91. The van der Waals surface area contributed by atoms with Gasteiger partial charge in [0.25, 0.3) is 5.56 Å². The minimum Gasteiger partial charge on any atom is -0.323 e. The van der Waals surface area contributed by atoms with Crippen LogP contribution in [0.15, 0.2) is 41.3 Å². The standard InChI is InChI=1S/C14H12Cl2N2O2/c1-9-2-5-14(20)18(7-9)8-13(19)17-12-4-3-10(15)6-11(12)16/h2-7H,8H2,1H3,(H,17,19). The van der Waals surface area contributed by atoms with Crippen LogP contribution in [0.25, 0.3) is 0 Å². The highest BCUT2D eigenvalue weighted by atomic mass is 35.5. The average molecular weight is 311 g/mol. The van der Waals surface area contributed by atoms with Crippen molar-refractivity contribution in [3.63, 3.8) is 0 Å². The fraction of sp³-hybridized carbons (Fsp3) is 0.143. The van der Waals surface area contributed by atoms with Gasteiger partial charge in [0.1, 0.15) is 6.54 Å². The summed E-state index contributed by atoms with van der Waals surface area (Å²) in [6.45, 7) is 1.78. The van der Waals surface area contributed by atoms with Crippen molar-refractivity contribution in [2.75, 3.05) is 5.32 Å². The molecule has 2 rings (SSSR count). The maximum Gasteiger partial charge on any atom is 0.251 e. The summed E-state index contributed by atoms with van der Waals surface area (Å²) in [5.41, 5.74) is 1.14. The van der Waals surface area contributed by atoms with Gasteiger partial charge in [0.15, 0.2) is 0 Å². The number of aromatic nitrogens is 1. The van der Waals surface area contributed by atoms with E-state index >= 15 is 0 Å². The number of nitrogens with one attached hydrogen (secondary N) is 1. The van der Waals surface area contributed by atoms with E-state index in [1.807, 2.05) is 6.92 Å². The van der Waals surface area contributed by atoms with Gasteiger partial charge in [-0.1, -0.05) is 29.3 Å². The minimum absolute atomic E-state index is 0.0700. The third kappa shape index (κ3) is 3.62. The molecule has 0 fully saturated rings. The van der Waals surface area contributed by atoms with Crippen molar-refractivity contribution in [2.45, 2.75) is 13.5 Å². The number of halogens is 2. The zero-order chi connectivity index (χ0) is 14.7. The monoisotopic (exact) mass is 310 g/mol. The Kier molecular flexibility index (Phi) is 4.47. The molecule has 1 heterocycles. The Morgan fingerprint density at radius 2 is 2.00 bits per heavy atom. The Morgan fingerprint density at radius 1 is 1.25 bits per heavy atom. The first-order valence-corrected chi connectivity index (χ1v) is 6.63. The molecule has 104 valence electrons.